The van der Waals surface area contributed by atoms with E-state index in [1.807, 2.05) is 25.2 Å². The summed E-state index contributed by atoms with van der Waals surface area (Å²) < 4.78 is 10.2. The summed E-state index contributed by atoms with van der Waals surface area (Å²) in [5.74, 6) is -0.749. The maximum atomic E-state index is 12.3. The van der Waals surface area contributed by atoms with Gasteiger partial charge in [0.2, 0.25) is 0 Å². The molecule has 112 valence electrons. The van der Waals surface area contributed by atoms with Crippen molar-refractivity contribution in [1.82, 2.24) is 0 Å². The minimum absolute atomic E-state index is 0.0833. The van der Waals surface area contributed by atoms with Gasteiger partial charge >= 0.3 is 11.9 Å². The van der Waals surface area contributed by atoms with Gasteiger partial charge in [-0.15, -0.1) is 6.58 Å². The van der Waals surface area contributed by atoms with Crippen LogP contribution in [0.15, 0.2) is 24.8 Å². The van der Waals surface area contributed by atoms with Gasteiger partial charge in [-0.25, -0.2) is 0 Å². The van der Waals surface area contributed by atoms with Gasteiger partial charge in [0.05, 0.1) is 13.2 Å². The predicted octanol–water partition coefficient (Wildman–Crippen LogP) is 2.89. The lowest BCUT2D eigenvalue weighted by molar-refractivity contribution is -0.171. The maximum Gasteiger partial charge on any atom is 0.323 e. The predicted molar refractivity (Wildman–Crippen MR) is 76.9 cm³/mol. The van der Waals surface area contributed by atoms with E-state index in [4.69, 9.17) is 9.47 Å². The van der Waals surface area contributed by atoms with Crippen LogP contribution in [0.4, 0.5) is 0 Å². The van der Waals surface area contributed by atoms with Crippen molar-refractivity contribution in [1.29, 1.82) is 0 Å². The second-order valence-electron chi connectivity index (χ2n) is 5.02. The van der Waals surface area contributed by atoms with E-state index in [0.717, 1.165) is 0 Å². The van der Waals surface area contributed by atoms with Gasteiger partial charge in [0.25, 0.3) is 0 Å². The third-order valence-corrected chi connectivity index (χ3v) is 3.79. The number of hydrogen-bond donors (Lipinski definition) is 0. The summed E-state index contributed by atoms with van der Waals surface area (Å²) in [6.07, 6.45) is 6.60. The number of ether oxygens (including phenoxy) is 2. The highest BCUT2D eigenvalue weighted by Gasteiger charge is 2.56. The molecule has 0 spiro atoms. The van der Waals surface area contributed by atoms with Gasteiger partial charge in [-0.1, -0.05) is 18.2 Å². The fourth-order valence-corrected chi connectivity index (χ4v) is 2.86. The van der Waals surface area contributed by atoms with Crippen molar-refractivity contribution in [3.63, 3.8) is 0 Å². The SMILES string of the molecule is C=CC1CC(C(=O)OCC)(C(=O)OCC)CC1/C=C\C. The summed E-state index contributed by atoms with van der Waals surface area (Å²) >= 11 is 0. The monoisotopic (exact) mass is 280 g/mol. The maximum absolute atomic E-state index is 12.3. The van der Waals surface area contributed by atoms with Crippen LogP contribution in [0.2, 0.25) is 0 Å². The van der Waals surface area contributed by atoms with E-state index < -0.39 is 17.4 Å². The van der Waals surface area contributed by atoms with Crippen molar-refractivity contribution < 1.29 is 19.1 Å². The molecule has 1 aliphatic carbocycles. The summed E-state index contributed by atoms with van der Waals surface area (Å²) in [6, 6.07) is 0. The molecule has 0 saturated heterocycles. The van der Waals surface area contributed by atoms with Crippen LogP contribution in [0.1, 0.15) is 33.6 Å². The lowest BCUT2D eigenvalue weighted by Gasteiger charge is -2.24. The Bertz CT molecular complexity index is 379. The molecule has 4 heteroatoms. The molecule has 1 saturated carbocycles. The van der Waals surface area contributed by atoms with Crippen molar-refractivity contribution in [3.8, 4) is 0 Å². The van der Waals surface area contributed by atoms with Gasteiger partial charge in [0.1, 0.15) is 0 Å². The van der Waals surface area contributed by atoms with Gasteiger partial charge in [0.15, 0.2) is 5.41 Å². The summed E-state index contributed by atoms with van der Waals surface area (Å²) in [5, 5.41) is 0. The second kappa shape index (κ2) is 7.27. The molecule has 0 heterocycles. The highest BCUT2D eigenvalue weighted by Crippen LogP contribution is 2.48. The van der Waals surface area contributed by atoms with Gasteiger partial charge in [0, 0.05) is 0 Å². The quantitative estimate of drug-likeness (QED) is 0.426. The molecule has 1 fully saturated rings. The first-order valence-corrected chi connectivity index (χ1v) is 7.15. The van der Waals surface area contributed by atoms with E-state index >= 15 is 0 Å². The van der Waals surface area contributed by atoms with E-state index in [2.05, 4.69) is 6.58 Å². The molecule has 0 aromatic rings. The van der Waals surface area contributed by atoms with Crippen LogP contribution in [-0.2, 0) is 19.1 Å². The van der Waals surface area contributed by atoms with Crippen LogP contribution in [0.3, 0.4) is 0 Å². The van der Waals surface area contributed by atoms with Crippen molar-refractivity contribution in [2.75, 3.05) is 13.2 Å². The number of carbonyl (C=O) groups is 2. The summed E-state index contributed by atoms with van der Waals surface area (Å²) in [7, 11) is 0. The smallest absolute Gasteiger partial charge is 0.323 e. The van der Waals surface area contributed by atoms with Crippen molar-refractivity contribution in [3.05, 3.63) is 24.8 Å². The highest BCUT2D eigenvalue weighted by atomic mass is 16.6. The Balaban J connectivity index is 3.10. The van der Waals surface area contributed by atoms with E-state index in [9.17, 15) is 9.59 Å². The number of esters is 2. The van der Waals surface area contributed by atoms with Gasteiger partial charge in [-0.05, 0) is 45.4 Å². The zero-order valence-corrected chi connectivity index (χ0v) is 12.6. The standard InChI is InChI=1S/C16H24O4/c1-5-9-13-11-16(10-12(13)6-2,14(17)19-7-3)15(18)20-8-4/h5-6,9,12-13H,2,7-8,10-11H2,1,3-4H3/b9-5-. The summed E-state index contributed by atoms with van der Waals surface area (Å²) in [5.41, 5.74) is -1.19. The van der Waals surface area contributed by atoms with E-state index in [-0.39, 0.29) is 25.0 Å². The van der Waals surface area contributed by atoms with Gasteiger partial charge < -0.3 is 9.47 Å². The zero-order chi connectivity index (χ0) is 15.2. The fraction of sp³-hybridized carbons (Fsp3) is 0.625. The largest absolute Gasteiger partial charge is 0.465 e. The Kier molecular flexibility index (Phi) is 5.99. The average molecular weight is 280 g/mol. The third kappa shape index (κ3) is 3.11. The number of rotatable bonds is 6. The Hall–Kier alpha value is -1.58. The molecule has 2 unspecified atom stereocenters. The van der Waals surface area contributed by atoms with Crippen LogP contribution >= 0.6 is 0 Å². The van der Waals surface area contributed by atoms with Crippen LogP contribution < -0.4 is 0 Å². The van der Waals surface area contributed by atoms with Gasteiger partial charge in [-0.3, -0.25) is 9.59 Å². The van der Waals surface area contributed by atoms with Crippen LogP contribution in [0, 0.1) is 17.3 Å². The Morgan fingerprint density at radius 1 is 1.15 bits per heavy atom. The number of allylic oxidation sites excluding steroid dienone is 3. The molecule has 1 rings (SSSR count). The van der Waals surface area contributed by atoms with Crippen molar-refractivity contribution in [2.45, 2.75) is 33.6 Å². The topological polar surface area (TPSA) is 52.6 Å². The minimum atomic E-state index is -1.19. The molecule has 0 aliphatic heterocycles. The number of carbonyl (C=O) groups excluding carboxylic acids is 2. The van der Waals surface area contributed by atoms with Crippen LogP contribution in [0.5, 0.6) is 0 Å². The molecule has 0 aromatic heterocycles. The Morgan fingerprint density at radius 3 is 2.05 bits per heavy atom. The van der Waals surface area contributed by atoms with E-state index in [1.54, 1.807) is 13.8 Å². The van der Waals surface area contributed by atoms with Crippen molar-refractivity contribution in [2.24, 2.45) is 17.3 Å². The molecular weight excluding hydrogens is 256 g/mol. The molecule has 0 bridgehead atoms. The first-order valence-electron chi connectivity index (χ1n) is 7.15. The van der Waals surface area contributed by atoms with Crippen LogP contribution in [0.25, 0.3) is 0 Å². The zero-order valence-electron chi connectivity index (χ0n) is 12.6. The Labute approximate surface area is 120 Å². The lowest BCUT2D eigenvalue weighted by Crippen LogP contribution is -2.40. The van der Waals surface area contributed by atoms with Gasteiger partial charge in [-0.2, -0.15) is 0 Å². The van der Waals surface area contributed by atoms with E-state index in [0.29, 0.717) is 12.8 Å². The summed E-state index contributed by atoms with van der Waals surface area (Å²) in [6.45, 7) is 9.73. The molecule has 0 aromatic carbocycles. The molecule has 0 amide bonds. The van der Waals surface area contributed by atoms with E-state index in [1.165, 1.54) is 0 Å². The molecule has 2 atom stereocenters. The molecule has 20 heavy (non-hydrogen) atoms. The van der Waals surface area contributed by atoms with Crippen LogP contribution in [-0.4, -0.2) is 25.2 Å². The third-order valence-electron chi connectivity index (χ3n) is 3.79. The normalized spacial score (nSPS) is 24.6. The summed E-state index contributed by atoms with van der Waals surface area (Å²) in [4.78, 5) is 24.6. The fourth-order valence-electron chi connectivity index (χ4n) is 2.86. The molecule has 0 N–H and O–H groups in total. The molecular formula is C16H24O4. The first kappa shape index (κ1) is 16.5. The Morgan fingerprint density at radius 2 is 1.65 bits per heavy atom. The first-order chi connectivity index (χ1) is 9.55. The molecule has 0 radical (unpaired) electrons. The number of hydrogen-bond acceptors (Lipinski definition) is 4. The average Bonchev–Trinajstić information content (AvgIpc) is 2.80. The molecule has 4 nitrogen and oxygen atoms in total. The van der Waals surface area contributed by atoms with Crippen molar-refractivity contribution >= 4 is 11.9 Å². The second-order valence-corrected chi connectivity index (χ2v) is 5.02. The highest BCUT2D eigenvalue weighted by molar-refractivity contribution is 6.00. The lowest BCUT2D eigenvalue weighted by atomic mass is 9.85. The molecule has 1 aliphatic rings. The minimum Gasteiger partial charge on any atom is -0.465 e.